The predicted octanol–water partition coefficient (Wildman–Crippen LogP) is 2.49. The second-order valence-electron chi connectivity index (χ2n) is 5.82. The number of ether oxygens (including phenoxy) is 2. The van der Waals surface area contributed by atoms with Crippen LogP contribution in [-0.2, 0) is 11.3 Å². The Labute approximate surface area is 150 Å². The molecular formula is C19H20N2O5. The first-order valence-electron chi connectivity index (χ1n) is 8.13. The SMILES string of the molecule is COc1ccc(OC)c(C(C)NC(=O)Cn2c(=O)oc3ccccc32)c1. The Balaban J connectivity index is 1.79. The molecule has 0 bridgehead atoms. The van der Waals surface area contributed by atoms with E-state index in [0.717, 1.165) is 5.56 Å². The zero-order valence-corrected chi connectivity index (χ0v) is 14.8. The van der Waals surface area contributed by atoms with Crippen molar-refractivity contribution in [2.45, 2.75) is 19.5 Å². The van der Waals surface area contributed by atoms with Crippen LogP contribution in [0.5, 0.6) is 11.5 Å². The van der Waals surface area contributed by atoms with Crippen LogP contribution in [0, 0.1) is 0 Å². The Morgan fingerprint density at radius 2 is 1.96 bits per heavy atom. The fourth-order valence-electron chi connectivity index (χ4n) is 2.85. The zero-order valence-electron chi connectivity index (χ0n) is 14.8. The normalized spacial score (nSPS) is 12.0. The lowest BCUT2D eigenvalue weighted by molar-refractivity contribution is -0.122. The van der Waals surface area contributed by atoms with E-state index in [1.807, 2.05) is 13.0 Å². The van der Waals surface area contributed by atoms with Crippen LogP contribution in [0.15, 0.2) is 51.7 Å². The minimum Gasteiger partial charge on any atom is -0.497 e. The lowest BCUT2D eigenvalue weighted by Crippen LogP contribution is -2.32. The van der Waals surface area contributed by atoms with Gasteiger partial charge in [-0.15, -0.1) is 0 Å². The third-order valence-corrected chi connectivity index (χ3v) is 4.16. The van der Waals surface area contributed by atoms with Crippen LogP contribution in [0.25, 0.3) is 11.1 Å². The molecule has 0 fully saturated rings. The minimum atomic E-state index is -0.562. The van der Waals surface area contributed by atoms with E-state index in [4.69, 9.17) is 13.9 Å². The van der Waals surface area contributed by atoms with E-state index in [-0.39, 0.29) is 18.5 Å². The molecule has 1 atom stereocenters. The molecule has 1 N–H and O–H groups in total. The first-order chi connectivity index (χ1) is 12.5. The number of oxazole rings is 1. The summed E-state index contributed by atoms with van der Waals surface area (Å²) in [5, 5.41) is 2.88. The second-order valence-corrected chi connectivity index (χ2v) is 5.82. The highest BCUT2D eigenvalue weighted by Gasteiger charge is 2.17. The fourth-order valence-corrected chi connectivity index (χ4v) is 2.85. The Hall–Kier alpha value is -3.22. The van der Waals surface area contributed by atoms with Crippen LogP contribution < -0.4 is 20.5 Å². The summed E-state index contributed by atoms with van der Waals surface area (Å²) < 4.78 is 17.0. The maximum absolute atomic E-state index is 12.5. The maximum Gasteiger partial charge on any atom is 0.420 e. The minimum absolute atomic E-state index is 0.132. The van der Waals surface area contributed by atoms with Gasteiger partial charge in [0.2, 0.25) is 5.91 Å². The number of methoxy groups -OCH3 is 2. The standard InChI is InChI=1S/C19H20N2O5/c1-12(14-10-13(24-2)8-9-16(14)25-3)20-18(22)11-21-15-6-4-5-7-17(15)26-19(21)23/h4-10,12H,11H2,1-3H3,(H,20,22). The smallest absolute Gasteiger partial charge is 0.420 e. The summed E-state index contributed by atoms with van der Waals surface area (Å²) >= 11 is 0. The molecular weight excluding hydrogens is 336 g/mol. The topological polar surface area (TPSA) is 82.7 Å². The van der Waals surface area contributed by atoms with Gasteiger partial charge in [-0.3, -0.25) is 9.36 Å². The summed E-state index contributed by atoms with van der Waals surface area (Å²) in [5.74, 6) is 0.437. The lowest BCUT2D eigenvalue weighted by Gasteiger charge is -2.18. The third kappa shape index (κ3) is 3.42. The highest BCUT2D eigenvalue weighted by molar-refractivity contribution is 5.79. The first kappa shape index (κ1) is 17.6. The molecule has 2 aromatic carbocycles. The molecule has 0 saturated heterocycles. The number of nitrogens with one attached hydrogen (secondary N) is 1. The summed E-state index contributed by atoms with van der Waals surface area (Å²) in [4.78, 5) is 24.5. The van der Waals surface area contributed by atoms with E-state index in [9.17, 15) is 9.59 Å². The molecule has 7 heteroatoms. The van der Waals surface area contributed by atoms with Crippen molar-refractivity contribution < 1.29 is 18.7 Å². The average Bonchev–Trinajstić information content (AvgIpc) is 2.96. The molecule has 1 amide bonds. The van der Waals surface area contributed by atoms with Crippen molar-refractivity contribution in [3.05, 3.63) is 58.6 Å². The fraction of sp³-hybridized carbons (Fsp3) is 0.263. The monoisotopic (exact) mass is 356 g/mol. The number of para-hydroxylation sites is 2. The Kier molecular flexibility index (Phi) is 4.97. The first-order valence-corrected chi connectivity index (χ1v) is 8.13. The third-order valence-electron chi connectivity index (χ3n) is 4.16. The summed E-state index contributed by atoms with van der Waals surface area (Å²) in [7, 11) is 3.14. The number of benzene rings is 2. The maximum atomic E-state index is 12.5. The van der Waals surface area contributed by atoms with E-state index >= 15 is 0 Å². The summed E-state index contributed by atoms with van der Waals surface area (Å²) in [6.45, 7) is 1.71. The molecule has 3 aromatic rings. The van der Waals surface area contributed by atoms with Gasteiger partial charge in [-0.05, 0) is 37.3 Å². The molecule has 7 nitrogen and oxygen atoms in total. The molecule has 1 aromatic heterocycles. The van der Waals surface area contributed by atoms with Crippen molar-refractivity contribution in [2.24, 2.45) is 0 Å². The van der Waals surface area contributed by atoms with Crippen LogP contribution in [0.3, 0.4) is 0 Å². The number of nitrogens with zero attached hydrogens (tertiary/aromatic N) is 1. The van der Waals surface area contributed by atoms with Crippen LogP contribution in [0.1, 0.15) is 18.5 Å². The molecule has 3 rings (SSSR count). The quantitative estimate of drug-likeness (QED) is 0.734. The van der Waals surface area contributed by atoms with Gasteiger partial charge >= 0.3 is 5.76 Å². The second kappa shape index (κ2) is 7.35. The highest BCUT2D eigenvalue weighted by atomic mass is 16.5. The van der Waals surface area contributed by atoms with Crippen LogP contribution in [0.2, 0.25) is 0 Å². The van der Waals surface area contributed by atoms with Crippen molar-refractivity contribution in [1.29, 1.82) is 0 Å². The molecule has 26 heavy (non-hydrogen) atoms. The summed E-state index contributed by atoms with van der Waals surface area (Å²) in [6, 6.07) is 12.0. The lowest BCUT2D eigenvalue weighted by atomic mass is 10.1. The predicted molar refractivity (Wildman–Crippen MR) is 96.6 cm³/mol. The molecule has 0 aliphatic carbocycles. The molecule has 0 spiro atoms. The van der Waals surface area contributed by atoms with Gasteiger partial charge in [0.1, 0.15) is 18.0 Å². The largest absolute Gasteiger partial charge is 0.497 e. The van der Waals surface area contributed by atoms with Crippen LogP contribution in [-0.4, -0.2) is 24.7 Å². The number of carbonyl (C=O) groups is 1. The molecule has 0 radical (unpaired) electrons. The van der Waals surface area contributed by atoms with Crippen LogP contribution in [0.4, 0.5) is 0 Å². The molecule has 0 saturated carbocycles. The van der Waals surface area contributed by atoms with Gasteiger partial charge in [-0.25, -0.2) is 4.79 Å². The number of hydrogen-bond donors (Lipinski definition) is 1. The van der Waals surface area contributed by atoms with Gasteiger partial charge in [0.05, 0.1) is 25.8 Å². The van der Waals surface area contributed by atoms with E-state index in [2.05, 4.69) is 5.32 Å². The number of aromatic nitrogens is 1. The van der Waals surface area contributed by atoms with Gasteiger partial charge in [-0.1, -0.05) is 12.1 Å². The van der Waals surface area contributed by atoms with Crippen molar-refractivity contribution in [3.8, 4) is 11.5 Å². The van der Waals surface area contributed by atoms with E-state index in [0.29, 0.717) is 22.6 Å². The number of hydrogen-bond acceptors (Lipinski definition) is 5. The number of fused-ring (bicyclic) bond motifs is 1. The zero-order chi connectivity index (χ0) is 18.7. The molecule has 1 unspecified atom stereocenters. The summed E-state index contributed by atoms with van der Waals surface area (Å²) in [5.41, 5.74) is 1.82. The van der Waals surface area contributed by atoms with Crippen LogP contribution >= 0.6 is 0 Å². The van der Waals surface area contributed by atoms with Gasteiger partial charge in [-0.2, -0.15) is 0 Å². The van der Waals surface area contributed by atoms with Crippen molar-refractivity contribution in [2.75, 3.05) is 14.2 Å². The van der Waals surface area contributed by atoms with Crippen molar-refractivity contribution in [3.63, 3.8) is 0 Å². The van der Waals surface area contributed by atoms with Gasteiger partial charge in [0.25, 0.3) is 0 Å². The van der Waals surface area contributed by atoms with Crippen molar-refractivity contribution >= 4 is 17.0 Å². The Morgan fingerprint density at radius 1 is 1.19 bits per heavy atom. The van der Waals surface area contributed by atoms with E-state index in [1.165, 1.54) is 4.57 Å². The number of carbonyl (C=O) groups excluding carboxylic acids is 1. The Morgan fingerprint density at radius 3 is 2.69 bits per heavy atom. The highest BCUT2D eigenvalue weighted by Crippen LogP contribution is 2.29. The van der Waals surface area contributed by atoms with Crippen molar-refractivity contribution in [1.82, 2.24) is 9.88 Å². The van der Waals surface area contributed by atoms with E-state index in [1.54, 1.807) is 50.6 Å². The number of amides is 1. The molecule has 136 valence electrons. The summed E-state index contributed by atoms with van der Waals surface area (Å²) in [6.07, 6.45) is 0. The van der Waals surface area contributed by atoms with Gasteiger partial charge < -0.3 is 19.2 Å². The van der Waals surface area contributed by atoms with Gasteiger partial charge in [0.15, 0.2) is 5.58 Å². The number of rotatable bonds is 6. The Bertz CT molecular complexity index is 989. The average molecular weight is 356 g/mol. The van der Waals surface area contributed by atoms with E-state index < -0.39 is 5.76 Å². The molecule has 0 aliphatic rings. The molecule has 1 heterocycles. The molecule has 0 aliphatic heterocycles. The van der Waals surface area contributed by atoms with Gasteiger partial charge in [0, 0.05) is 5.56 Å².